The van der Waals surface area contributed by atoms with Gasteiger partial charge in [-0.15, -0.1) is 0 Å². The van der Waals surface area contributed by atoms with Crippen molar-refractivity contribution in [2.45, 2.75) is 38.8 Å². The lowest BCUT2D eigenvalue weighted by Gasteiger charge is -2.23. The number of nitrogens with one attached hydrogen (secondary N) is 1. The molecule has 1 aliphatic rings. The van der Waals surface area contributed by atoms with Crippen molar-refractivity contribution in [1.29, 1.82) is 0 Å². The Kier molecular flexibility index (Phi) is 3.78. The maximum atomic E-state index is 4.50. The minimum absolute atomic E-state index is 0.747. The highest BCUT2D eigenvalue weighted by atomic mass is 15.2. The summed E-state index contributed by atoms with van der Waals surface area (Å²) in [4.78, 5) is 6.96. The summed E-state index contributed by atoms with van der Waals surface area (Å²) in [6.07, 6.45) is 5.78. The number of nitrogens with zero attached hydrogens (tertiary/aromatic N) is 2. The molecule has 2 rings (SSSR count). The Labute approximate surface area is 97.9 Å². The van der Waals surface area contributed by atoms with Crippen molar-refractivity contribution in [2.75, 3.05) is 18.5 Å². The van der Waals surface area contributed by atoms with Crippen LogP contribution < -0.4 is 10.2 Å². The largest absolute Gasteiger partial charge is 0.354 e. The van der Waals surface area contributed by atoms with Crippen LogP contribution in [0.1, 0.15) is 31.7 Å². The van der Waals surface area contributed by atoms with Gasteiger partial charge in [0.25, 0.3) is 0 Å². The first-order valence-corrected chi connectivity index (χ1v) is 6.21. The van der Waals surface area contributed by atoms with Crippen molar-refractivity contribution in [2.24, 2.45) is 0 Å². The van der Waals surface area contributed by atoms with Gasteiger partial charge in [-0.1, -0.05) is 6.92 Å². The molecule has 0 bridgehead atoms. The fraction of sp³-hybridized carbons (Fsp3) is 0.615. The molecule has 1 aromatic rings. The molecular formula is C13H21N3. The predicted octanol–water partition coefficient (Wildman–Crippen LogP) is 2.18. The zero-order chi connectivity index (χ0) is 11.4. The zero-order valence-electron chi connectivity index (χ0n) is 10.2. The first kappa shape index (κ1) is 11.4. The van der Waals surface area contributed by atoms with E-state index in [1.54, 1.807) is 0 Å². The smallest absolute Gasteiger partial charge is 0.129 e. The molecule has 3 heteroatoms. The molecule has 1 heterocycles. The Hall–Kier alpha value is -1.09. The second kappa shape index (κ2) is 5.30. The van der Waals surface area contributed by atoms with E-state index in [1.807, 2.05) is 13.2 Å². The maximum Gasteiger partial charge on any atom is 0.129 e. The molecule has 1 aliphatic carbocycles. The summed E-state index contributed by atoms with van der Waals surface area (Å²) in [5, 5.41) is 3.18. The van der Waals surface area contributed by atoms with Gasteiger partial charge in [-0.25, -0.2) is 4.98 Å². The second-order valence-electron chi connectivity index (χ2n) is 4.48. The topological polar surface area (TPSA) is 28.2 Å². The van der Waals surface area contributed by atoms with E-state index in [1.165, 1.54) is 24.8 Å². The molecule has 1 aromatic heterocycles. The molecule has 1 fully saturated rings. The van der Waals surface area contributed by atoms with Gasteiger partial charge in [0, 0.05) is 25.3 Å². The molecule has 3 nitrogen and oxygen atoms in total. The van der Waals surface area contributed by atoms with Crippen LogP contribution in [0.3, 0.4) is 0 Å². The summed E-state index contributed by atoms with van der Waals surface area (Å²) in [5.74, 6) is 1.15. The highest BCUT2D eigenvalue weighted by Gasteiger charge is 2.29. The minimum Gasteiger partial charge on any atom is -0.354 e. The molecule has 0 spiro atoms. The molecular weight excluding hydrogens is 198 g/mol. The highest BCUT2D eigenvalue weighted by Crippen LogP contribution is 2.30. The number of hydrogen-bond donors (Lipinski definition) is 1. The van der Waals surface area contributed by atoms with Gasteiger partial charge in [0.1, 0.15) is 5.82 Å². The Morgan fingerprint density at radius 1 is 1.50 bits per heavy atom. The summed E-state index contributed by atoms with van der Waals surface area (Å²) in [7, 11) is 1.98. The molecule has 0 aromatic carbocycles. The van der Waals surface area contributed by atoms with Crippen LogP contribution in [0, 0.1) is 0 Å². The lowest BCUT2D eigenvalue weighted by molar-refractivity contribution is 0.746. The lowest BCUT2D eigenvalue weighted by atomic mass is 10.2. The van der Waals surface area contributed by atoms with E-state index in [0.29, 0.717) is 0 Å². The molecule has 1 N–H and O–H groups in total. The fourth-order valence-electron chi connectivity index (χ4n) is 2.04. The third-order valence-electron chi connectivity index (χ3n) is 2.94. The van der Waals surface area contributed by atoms with Gasteiger partial charge in [-0.05, 0) is 44.0 Å². The average molecular weight is 219 g/mol. The summed E-state index contributed by atoms with van der Waals surface area (Å²) in [6, 6.07) is 5.04. The van der Waals surface area contributed by atoms with Gasteiger partial charge in [0.2, 0.25) is 0 Å². The Bertz CT molecular complexity index is 334. The number of pyridine rings is 1. The van der Waals surface area contributed by atoms with Gasteiger partial charge < -0.3 is 10.2 Å². The van der Waals surface area contributed by atoms with Crippen molar-refractivity contribution in [3.8, 4) is 0 Å². The van der Waals surface area contributed by atoms with Crippen molar-refractivity contribution in [1.82, 2.24) is 10.3 Å². The van der Waals surface area contributed by atoms with Gasteiger partial charge in [-0.3, -0.25) is 0 Å². The number of hydrogen-bond acceptors (Lipinski definition) is 3. The van der Waals surface area contributed by atoms with Crippen LogP contribution >= 0.6 is 0 Å². The number of aromatic nitrogens is 1. The Balaban J connectivity index is 2.12. The second-order valence-corrected chi connectivity index (χ2v) is 4.48. The molecule has 0 unspecified atom stereocenters. The predicted molar refractivity (Wildman–Crippen MR) is 67.7 cm³/mol. The standard InChI is InChI=1S/C13H21N3/c1-3-8-16(12-4-5-12)13-9-11(10-14-2)6-7-15-13/h6-7,9,12,14H,3-5,8,10H2,1-2H3. The molecule has 0 saturated heterocycles. The van der Waals surface area contributed by atoms with Gasteiger partial charge in [0.05, 0.1) is 0 Å². The third-order valence-corrected chi connectivity index (χ3v) is 2.94. The fourth-order valence-corrected chi connectivity index (χ4v) is 2.04. The van der Waals surface area contributed by atoms with Crippen LogP contribution in [0.25, 0.3) is 0 Å². The molecule has 0 atom stereocenters. The van der Waals surface area contributed by atoms with Crippen molar-refractivity contribution < 1.29 is 0 Å². The van der Waals surface area contributed by atoms with Gasteiger partial charge >= 0.3 is 0 Å². The van der Waals surface area contributed by atoms with E-state index in [9.17, 15) is 0 Å². The summed E-state index contributed by atoms with van der Waals surface area (Å²) in [6.45, 7) is 4.27. The summed E-state index contributed by atoms with van der Waals surface area (Å²) >= 11 is 0. The first-order valence-electron chi connectivity index (χ1n) is 6.21. The van der Waals surface area contributed by atoms with E-state index in [0.717, 1.165) is 24.9 Å². The van der Waals surface area contributed by atoms with E-state index < -0.39 is 0 Å². The molecule has 0 amide bonds. The van der Waals surface area contributed by atoms with Crippen LogP contribution in [0.5, 0.6) is 0 Å². The molecule has 0 aliphatic heterocycles. The van der Waals surface area contributed by atoms with Crippen molar-refractivity contribution in [3.63, 3.8) is 0 Å². The molecule has 16 heavy (non-hydrogen) atoms. The van der Waals surface area contributed by atoms with E-state index in [-0.39, 0.29) is 0 Å². The normalized spacial score (nSPS) is 15.1. The average Bonchev–Trinajstić information content (AvgIpc) is 3.11. The van der Waals surface area contributed by atoms with Crippen LogP contribution in [0.15, 0.2) is 18.3 Å². The van der Waals surface area contributed by atoms with Crippen LogP contribution in [0.2, 0.25) is 0 Å². The number of rotatable bonds is 6. The Morgan fingerprint density at radius 2 is 2.31 bits per heavy atom. The van der Waals surface area contributed by atoms with Gasteiger partial charge in [0.15, 0.2) is 0 Å². The number of anilines is 1. The van der Waals surface area contributed by atoms with Crippen molar-refractivity contribution in [3.05, 3.63) is 23.9 Å². The van der Waals surface area contributed by atoms with E-state index >= 15 is 0 Å². The van der Waals surface area contributed by atoms with Gasteiger partial charge in [-0.2, -0.15) is 0 Å². The molecule has 0 radical (unpaired) electrons. The van der Waals surface area contributed by atoms with Crippen molar-refractivity contribution >= 4 is 5.82 Å². The van der Waals surface area contributed by atoms with Crippen LogP contribution in [-0.2, 0) is 6.54 Å². The Morgan fingerprint density at radius 3 is 2.94 bits per heavy atom. The SMILES string of the molecule is CCCN(c1cc(CNC)ccn1)C1CC1. The van der Waals surface area contributed by atoms with E-state index in [4.69, 9.17) is 0 Å². The lowest BCUT2D eigenvalue weighted by Crippen LogP contribution is -2.27. The monoisotopic (exact) mass is 219 g/mol. The minimum atomic E-state index is 0.747. The zero-order valence-corrected chi connectivity index (χ0v) is 10.2. The van der Waals surface area contributed by atoms with E-state index in [2.05, 4.69) is 34.3 Å². The first-order chi connectivity index (χ1) is 7.85. The summed E-state index contributed by atoms with van der Waals surface area (Å²) < 4.78 is 0. The third kappa shape index (κ3) is 2.73. The summed E-state index contributed by atoms with van der Waals surface area (Å²) in [5.41, 5.74) is 1.31. The molecule has 88 valence electrons. The highest BCUT2D eigenvalue weighted by molar-refractivity contribution is 5.43. The van der Waals surface area contributed by atoms with Crippen LogP contribution in [-0.4, -0.2) is 24.6 Å². The van der Waals surface area contributed by atoms with Crippen LogP contribution in [0.4, 0.5) is 5.82 Å². The molecule has 1 saturated carbocycles. The quantitative estimate of drug-likeness (QED) is 0.795. The maximum absolute atomic E-state index is 4.50.